The largest absolute Gasteiger partial charge is 0.489 e. The number of carbonyl (C=O) groups excluding carboxylic acids is 1. The predicted octanol–water partition coefficient (Wildman–Crippen LogP) is 3.42. The van der Waals surface area contributed by atoms with E-state index in [1.165, 1.54) is 7.11 Å². The summed E-state index contributed by atoms with van der Waals surface area (Å²) in [5.41, 5.74) is 0.299. The molecule has 0 aliphatic carbocycles. The second-order valence-corrected chi connectivity index (χ2v) is 7.39. The van der Waals surface area contributed by atoms with E-state index >= 15 is 0 Å². The van der Waals surface area contributed by atoms with Gasteiger partial charge in [-0.3, -0.25) is 0 Å². The summed E-state index contributed by atoms with van der Waals surface area (Å²) in [5, 5.41) is 0.878. The Morgan fingerprint density at radius 3 is 2.85 bits per heavy atom. The van der Waals surface area contributed by atoms with E-state index in [1.807, 2.05) is 39.0 Å². The van der Waals surface area contributed by atoms with Crippen molar-refractivity contribution in [3.8, 4) is 11.8 Å². The van der Waals surface area contributed by atoms with Crippen LogP contribution in [0.2, 0.25) is 0 Å². The van der Waals surface area contributed by atoms with E-state index in [9.17, 15) is 4.79 Å². The number of piperidine rings is 1. The van der Waals surface area contributed by atoms with Crippen LogP contribution >= 0.6 is 0 Å². The van der Waals surface area contributed by atoms with E-state index < -0.39 is 5.60 Å². The van der Waals surface area contributed by atoms with Crippen molar-refractivity contribution in [1.82, 2.24) is 14.9 Å². The third-order valence-corrected chi connectivity index (χ3v) is 4.04. The van der Waals surface area contributed by atoms with Crippen LogP contribution in [0.4, 0.5) is 4.79 Å². The Morgan fingerprint density at radius 2 is 2.12 bits per heavy atom. The minimum atomic E-state index is -0.496. The van der Waals surface area contributed by atoms with Crippen molar-refractivity contribution in [3.63, 3.8) is 0 Å². The van der Waals surface area contributed by atoms with Gasteiger partial charge in [0, 0.05) is 18.1 Å². The molecule has 0 saturated carbocycles. The number of aromatic nitrogens is 2. The van der Waals surface area contributed by atoms with E-state index in [-0.39, 0.29) is 12.2 Å². The molecule has 0 N–H and O–H groups in total. The number of methoxy groups -OCH3 is 1. The highest BCUT2D eigenvalue weighted by Gasteiger charge is 2.28. The van der Waals surface area contributed by atoms with Crippen LogP contribution in [0.15, 0.2) is 24.4 Å². The van der Waals surface area contributed by atoms with Gasteiger partial charge in [0.1, 0.15) is 17.5 Å². The van der Waals surface area contributed by atoms with Crippen LogP contribution in [0.3, 0.4) is 0 Å². The minimum absolute atomic E-state index is 0.0621. The average molecular weight is 359 g/mol. The number of rotatable bonds is 3. The Kier molecular flexibility index (Phi) is 5.15. The van der Waals surface area contributed by atoms with Gasteiger partial charge in [-0.1, -0.05) is 0 Å². The summed E-state index contributed by atoms with van der Waals surface area (Å²) < 4.78 is 16.6. The van der Waals surface area contributed by atoms with Crippen molar-refractivity contribution >= 4 is 17.0 Å². The zero-order chi connectivity index (χ0) is 18.7. The molecule has 1 aromatic carbocycles. The fraction of sp³-hybridized carbons (Fsp3) is 0.526. The molecular weight excluding hydrogens is 334 g/mol. The summed E-state index contributed by atoms with van der Waals surface area (Å²) in [6.45, 7) is 6.82. The van der Waals surface area contributed by atoms with E-state index in [0.29, 0.717) is 19.1 Å². The molecule has 26 heavy (non-hydrogen) atoms. The zero-order valence-corrected chi connectivity index (χ0v) is 15.7. The number of likely N-dealkylation sites (tertiary alicyclic amines) is 1. The molecule has 0 radical (unpaired) electrons. The van der Waals surface area contributed by atoms with E-state index in [2.05, 4.69) is 9.97 Å². The molecule has 3 rings (SSSR count). The summed E-state index contributed by atoms with van der Waals surface area (Å²) >= 11 is 0. The van der Waals surface area contributed by atoms with Crippen LogP contribution < -0.4 is 9.47 Å². The first kappa shape index (κ1) is 18.2. The number of carbonyl (C=O) groups is 1. The standard InChI is InChI=1S/C19H25N3O4/c1-19(2,3)26-18(23)22-9-5-6-15(12-22)25-14-7-8-16-13(10-14)11-20-17(21-16)24-4/h7-8,10-11,15H,5-6,9,12H2,1-4H3. The van der Waals surface area contributed by atoms with Gasteiger partial charge in [-0.15, -0.1) is 0 Å². The summed E-state index contributed by atoms with van der Waals surface area (Å²) in [7, 11) is 1.54. The Hall–Kier alpha value is -2.57. The van der Waals surface area contributed by atoms with Crippen molar-refractivity contribution in [2.75, 3.05) is 20.2 Å². The maximum Gasteiger partial charge on any atom is 0.410 e. The molecule has 1 aliphatic rings. The number of nitrogens with zero attached hydrogens (tertiary/aromatic N) is 3. The molecule has 140 valence electrons. The lowest BCUT2D eigenvalue weighted by Gasteiger charge is -2.34. The number of hydrogen-bond acceptors (Lipinski definition) is 6. The highest BCUT2D eigenvalue weighted by molar-refractivity contribution is 5.79. The highest BCUT2D eigenvalue weighted by Crippen LogP contribution is 2.24. The van der Waals surface area contributed by atoms with Crippen LogP contribution in [0.1, 0.15) is 33.6 Å². The maximum absolute atomic E-state index is 12.3. The van der Waals surface area contributed by atoms with Gasteiger partial charge in [0.05, 0.1) is 19.2 Å². The summed E-state index contributed by atoms with van der Waals surface area (Å²) in [4.78, 5) is 22.4. The molecule has 7 heteroatoms. The van der Waals surface area contributed by atoms with Gasteiger partial charge in [0.25, 0.3) is 0 Å². The molecule has 1 aliphatic heterocycles. The Bertz CT molecular complexity index is 788. The number of amides is 1. The van der Waals surface area contributed by atoms with Gasteiger partial charge in [0.2, 0.25) is 0 Å². The normalized spacial score (nSPS) is 17.8. The lowest BCUT2D eigenvalue weighted by Crippen LogP contribution is -2.46. The predicted molar refractivity (Wildman–Crippen MR) is 97.5 cm³/mol. The molecule has 7 nitrogen and oxygen atoms in total. The van der Waals surface area contributed by atoms with Crippen molar-refractivity contribution in [2.45, 2.75) is 45.3 Å². The maximum atomic E-state index is 12.3. The molecule has 1 atom stereocenters. The average Bonchev–Trinajstić information content (AvgIpc) is 2.60. The number of ether oxygens (including phenoxy) is 3. The second-order valence-electron chi connectivity index (χ2n) is 7.39. The number of fused-ring (bicyclic) bond motifs is 1. The third kappa shape index (κ3) is 4.53. The lowest BCUT2D eigenvalue weighted by molar-refractivity contribution is 0.00777. The minimum Gasteiger partial charge on any atom is -0.489 e. The van der Waals surface area contributed by atoms with Crippen molar-refractivity contribution in [1.29, 1.82) is 0 Å². The topological polar surface area (TPSA) is 73.8 Å². The molecule has 1 unspecified atom stereocenters. The molecular formula is C19H25N3O4. The smallest absolute Gasteiger partial charge is 0.410 e. The van der Waals surface area contributed by atoms with Gasteiger partial charge in [-0.2, -0.15) is 4.98 Å². The highest BCUT2D eigenvalue weighted by atomic mass is 16.6. The van der Waals surface area contributed by atoms with Gasteiger partial charge < -0.3 is 19.1 Å². The van der Waals surface area contributed by atoms with E-state index in [4.69, 9.17) is 14.2 Å². The first-order valence-electron chi connectivity index (χ1n) is 8.79. The molecule has 1 saturated heterocycles. The molecule has 1 fully saturated rings. The summed E-state index contributed by atoms with van der Waals surface area (Å²) in [6.07, 6.45) is 3.15. The Labute approximate surface area is 153 Å². The summed E-state index contributed by atoms with van der Waals surface area (Å²) in [5.74, 6) is 0.738. The second kappa shape index (κ2) is 7.35. The van der Waals surface area contributed by atoms with Crippen molar-refractivity contribution in [3.05, 3.63) is 24.4 Å². The Morgan fingerprint density at radius 1 is 1.31 bits per heavy atom. The van der Waals surface area contributed by atoms with Gasteiger partial charge >= 0.3 is 12.1 Å². The molecule has 1 amide bonds. The SMILES string of the molecule is COc1ncc2cc(OC3CCCN(C(=O)OC(C)(C)C)C3)ccc2n1. The molecule has 2 aromatic rings. The van der Waals surface area contributed by atoms with Crippen molar-refractivity contribution < 1.29 is 19.0 Å². The van der Waals surface area contributed by atoms with Gasteiger partial charge in [-0.05, 0) is 51.8 Å². The van der Waals surface area contributed by atoms with E-state index in [0.717, 1.165) is 29.5 Å². The fourth-order valence-electron chi connectivity index (χ4n) is 2.89. The molecule has 0 spiro atoms. The van der Waals surface area contributed by atoms with Crippen LogP contribution in [0.25, 0.3) is 10.9 Å². The van der Waals surface area contributed by atoms with Crippen LogP contribution in [-0.2, 0) is 4.74 Å². The number of hydrogen-bond donors (Lipinski definition) is 0. The quantitative estimate of drug-likeness (QED) is 0.836. The third-order valence-electron chi connectivity index (χ3n) is 4.04. The van der Waals surface area contributed by atoms with Crippen LogP contribution in [0.5, 0.6) is 11.8 Å². The molecule has 2 heterocycles. The Balaban J connectivity index is 1.66. The first-order valence-corrected chi connectivity index (χ1v) is 8.79. The van der Waals surface area contributed by atoms with Crippen molar-refractivity contribution in [2.24, 2.45) is 0 Å². The number of benzene rings is 1. The zero-order valence-electron chi connectivity index (χ0n) is 15.7. The fourth-order valence-corrected chi connectivity index (χ4v) is 2.89. The lowest BCUT2D eigenvalue weighted by atomic mass is 10.1. The van der Waals surface area contributed by atoms with Gasteiger partial charge in [0.15, 0.2) is 0 Å². The molecule has 1 aromatic heterocycles. The summed E-state index contributed by atoms with van der Waals surface area (Å²) in [6, 6.07) is 6.00. The van der Waals surface area contributed by atoms with E-state index in [1.54, 1.807) is 11.1 Å². The first-order chi connectivity index (χ1) is 12.3. The monoisotopic (exact) mass is 359 g/mol. The van der Waals surface area contributed by atoms with Crippen LogP contribution in [-0.4, -0.2) is 52.9 Å². The molecule has 0 bridgehead atoms. The van der Waals surface area contributed by atoms with Gasteiger partial charge in [-0.25, -0.2) is 9.78 Å². The van der Waals surface area contributed by atoms with Crippen LogP contribution in [0, 0.1) is 0 Å².